The molecule has 0 aliphatic rings. The smallest absolute Gasteiger partial charge is 0.271 e. The van der Waals surface area contributed by atoms with Gasteiger partial charge < -0.3 is 0 Å². The molecule has 0 unspecified atom stereocenters. The summed E-state index contributed by atoms with van der Waals surface area (Å²) in [5.41, 5.74) is 2.10. The summed E-state index contributed by atoms with van der Waals surface area (Å²) >= 11 is 5.72. The van der Waals surface area contributed by atoms with Crippen molar-refractivity contribution in [2.75, 3.05) is 10.8 Å². The van der Waals surface area contributed by atoms with Crippen LogP contribution in [0.25, 0.3) is 0 Å². The molecular formula is C27H27ClF3N3O3S. The highest BCUT2D eigenvalue weighted by atomic mass is 35.5. The average Bonchev–Trinajstić information content (AvgIpc) is 2.86. The van der Waals surface area contributed by atoms with Crippen molar-refractivity contribution in [1.82, 2.24) is 5.43 Å². The van der Waals surface area contributed by atoms with Crippen LogP contribution in [-0.4, -0.2) is 26.6 Å². The lowest BCUT2D eigenvalue weighted by molar-refractivity contribution is -0.137. The predicted molar refractivity (Wildman–Crippen MR) is 143 cm³/mol. The summed E-state index contributed by atoms with van der Waals surface area (Å²) in [5, 5.41) is 3.51. The van der Waals surface area contributed by atoms with Crippen LogP contribution in [0.4, 0.5) is 18.9 Å². The summed E-state index contributed by atoms with van der Waals surface area (Å²) in [6, 6.07) is 19.5. The van der Waals surface area contributed by atoms with E-state index in [1.807, 2.05) is 44.2 Å². The summed E-state index contributed by atoms with van der Waals surface area (Å²) < 4.78 is 67.9. The quantitative estimate of drug-likeness (QED) is 0.240. The first kappa shape index (κ1) is 29.2. The highest BCUT2D eigenvalue weighted by Crippen LogP contribution is 2.38. The van der Waals surface area contributed by atoms with E-state index < -0.39 is 39.2 Å². The number of benzene rings is 3. The van der Waals surface area contributed by atoms with Crippen molar-refractivity contribution < 1.29 is 26.4 Å². The largest absolute Gasteiger partial charge is 0.417 e. The van der Waals surface area contributed by atoms with Crippen LogP contribution in [0.5, 0.6) is 0 Å². The number of rotatable bonds is 9. The van der Waals surface area contributed by atoms with Crippen LogP contribution in [0.1, 0.15) is 38.3 Å². The SMILES string of the molecule is C/C(CC(C)(C)c1ccccc1)=N/NC(=O)CN(c1ccc(Cl)c(C(F)(F)F)c1)S(=O)(=O)c1ccccc1. The minimum Gasteiger partial charge on any atom is -0.271 e. The predicted octanol–water partition coefficient (Wildman–Crippen LogP) is 6.41. The van der Waals surface area contributed by atoms with Gasteiger partial charge >= 0.3 is 6.18 Å². The number of anilines is 1. The van der Waals surface area contributed by atoms with Crippen LogP contribution in [0.2, 0.25) is 5.02 Å². The molecule has 0 aliphatic carbocycles. The summed E-state index contributed by atoms with van der Waals surface area (Å²) in [4.78, 5) is 12.6. The molecular weight excluding hydrogens is 539 g/mol. The van der Waals surface area contributed by atoms with E-state index in [4.69, 9.17) is 11.6 Å². The lowest BCUT2D eigenvalue weighted by Gasteiger charge is -2.26. The topological polar surface area (TPSA) is 78.8 Å². The number of carbonyl (C=O) groups is 1. The van der Waals surface area contributed by atoms with E-state index in [-0.39, 0.29) is 16.0 Å². The van der Waals surface area contributed by atoms with Crippen LogP contribution in [0.3, 0.4) is 0 Å². The second-order valence-corrected chi connectivity index (χ2v) is 11.6. The Morgan fingerprint density at radius 3 is 2.13 bits per heavy atom. The van der Waals surface area contributed by atoms with Crippen molar-refractivity contribution in [2.45, 2.75) is 43.7 Å². The number of nitrogens with zero attached hydrogens (tertiary/aromatic N) is 2. The van der Waals surface area contributed by atoms with E-state index in [1.165, 1.54) is 24.3 Å². The Morgan fingerprint density at radius 2 is 1.55 bits per heavy atom. The van der Waals surface area contributed by atoms with Gasteiger partial charge in [-0.05, 0) is 54.7 Å². The fraction of sp³-hybridized carbons (Fsp3) is 0.259. The zero-order chi connectivity index (χ0) is 28.1. The van der Waals surface area contributed by atoms with Gasteiger partial charge in [0, 0.05) is 5.71 Å². The number of hydrogen-bond donors (Lipinski definition) is 1. The highest BCUT2D eigenvalue weighted by Gasteiger charge is 2.35. The van der Waals surface area contributed by atoms with Crippen LogP contribution in [0.15, 0.2) is 88.9 Å². The number of amides is 1. The van der Waals surface area contributed by atoms with E-state index in [1.54, 1.807) is 13.0 Å². The first-order chi connectivity index (χ1) is 17.7. The van der Waals surface area contributed by atoms with Gasteiger partial charge in [-0.3, -0.25) is 9.10 Å². The molecule has 0 aromatic heterocycles. The number of sulfonamides is 1. The van der Waals surface area contributed by atoms with E-state index in [0.29, 0.717) is 22.5 Å². The van der Waals surface area contributed by atoms with Crippen LogP contribution in [0, 0.1) is 0 Å². The van der Waals surface area contributed by atoms with Gasteiger partial charge in [-0.2, -0.15) is 18.3 Å². The molecule has 3 aromatic carbocycles. The maximum Gasteiger partial charge on any atom is 0.417 e. The van der Waals surface area contributed by atoms with Crippen molar-refractivity contribution in [2.24, 2.45) is 5.10 Å². The Morgan fingerprint density at radius 1 is 0.974 bits per heavy atom. The lowest BCUT2D eigenvalue weighted by Crippen LogP contribution is -2.40. The van der Waals surface area contributed by atoms with Crippen LogP contribution < -0.4 is 9.73 Å². The molecule has 0 fully saturated rings. The van der Waals surface area contributed by atoms with Crippen molar-refractivity contribution in [3.05, 3.63) is 95.0 Å². The molecule has 0 saturated heterocycles. The lowest BCUT2D eigenvalue weighted by atomic mass is 9.80. The summed E-state index contributed by atoms with van der Waals surface area (Å²) in [6.45, 7) is 4.96. The van der Waals surface area contributed by atoms with Crippen molar-refractivity contribution >= 4 is 38.9 Å². The molecule has 0 bridgehead atoms. The maximum atomic E-state index is 13.5. The van der Waals surface area contributed by atoms with Crippen molar-refractivity contribution in [3.8, 4) is 0 Å². The van der Waals surface area contributed by atoms with E-state index in [0.717, 1.165) is 17.7 Å². The highest BCUT2D eigenvalue weighted by molar-refractivity contribution is 7.92. The van der Waals surface area contributed by atoms with E-state index in [9.17, 15) is 26.4 Å². The average molecular weight is 566 g/mol. The Bertz CT molecular complexity index is 1410. The van der Waals surface area contributed by atoms with Gasteiger partial charge in [-0.25, -0.2) is 13.8 Å². The number of nitrogens with one attached hydrogen (secondary N) is 1. The number of carbonyl (C=O) groups excluding carboxylic acids is 1. The summed E-state index contributed by atoms with van der Waals surface area (Å²) in [6.07, 6.45) is -4.33. The standard InChI is InChI=1S/C27H27ClF3N3O3S/c1-19(17-26(2,3)20-10-6-4-7-11-20)32-33-25(35)18-34(38(36,37)22-12-8-5-9-13-22)21-14-15-24(28)23(16-21)27(29,30)31/h4-16H,17-18H2,1-3H3,(H,33,35)/b32-19-. The first-order valence-corrected chi connectivity index (χ1v) is 13.4. The third kappa shape index (κ3) is 7.14. The molecule has 0 atom stereocenters. The number of halogens is 4. The van der Waals surface area contributed by atoms with Crippen molar-refractivity contribution in [1.29, 1.82) is 0 Å². The molecule has 0 spiro atoms. The molecule has 38 heavy (non-hydrogen) atoms. The number of hydrogen-bond acceptors (Lipinski definition) is 4. The van der Waals surface area contributed by atoms with Crippen LogP contribution >= 0.6 is 11.6 Å². The molecule has 6 nitrogen and oxygen atoms in total. The molecule has 202 valence electrons. The molecule has 0 heterocycles. The van der Waals surface area contributed by atoms with Gasteiger partial charge in [0.25, 0.3) is 15.9 Å². The van der Waals surface area contributed by atoms with Gasteiger partial charge in [-0.15, -0.1) is 0 Å². The fourth-order valence-electron chi connectivity index (χ4n) is 3.91. The second kappa shape index (κ2) is 11.6. The number of hydrazone groups is 1. The Hall–Kier alpha value is -3.37. The molecule has 3 rings (SSSR count). The first-order valence-electron chi connectivity index (χ1n) is 11.5. The third-order valence-corrected chi connectivity index (χ3v) is 7.90. The molecule has 0 aliphatic heterocycles. The third-order valence-electron chi connectivity index (χ3n) is 5.79. The van der Waals surface area contributed by atoms with Gasteiger partial charge in [0.2, 0.25) is 0 Å². The Kier molecular flexibility index (Phi) is 8.89. The minimum absolute atomic E-state index is 0.194. The molecule has 11 heteroatoms. The Balaban J connectivity index is 1.88. The van der Waals surface area contributed by atoms with E-state index >= 15 is 0 Å². The van der Waals surface area contributed by atoms with Crippen molar-refractivity contribution in [3.63, 3.8) is 0 Å². The van der Waals surface area contributed by atoms with Gasteiger partial charge in [-0.1, -0.05) is 74.0 Å². The zero-order valence-corrected chi connectivity index (χ0v) is 22.5. The monoisotopic (exact) mass is 565 g/mol. The normalized spacial score (nSPS) is 12.8. The number of alkyl halides is 3. The molecule has 1 amide bonds. The molecule has 0 saturated carbocycles. The Labute approximate surface area is 225 Å². The summed E-state index contributed by atoms with van der Waals surface area (Å²) in [5.74, 6) is -0.829. The van der Waals surface area contributed by atoms with Gasteiger partial charge in [0.1, 0.15) is 6.54 Å². The minimum atomic E-state index is -4.83. The second-order valence-electron chi connectivity index (χ2n) is 9.30. The molecule has 0 radical (unpaired) electrons. The van der Waals surface area contributed by atoms with Gasteiger partial charge in [0.05, 0.1) is 21.2 Å². The van der Waals surface area contributed by atoms with Gasteiger partial charge in [0.15, 0.2) is 0 Å². The molecule has 1 N–H and O–H groups in total. The zero-order valence-electron chi connectivity index (χ0n) is 21.0. The van der Waals surface area contributed by atoms with Crippen LogP contribution in [-0.2, 0) is 26.4 Å². The molecule has 3 aromatic rings. The summed E-state index contributed by atoms with van der Waals surface area (Å²) in [7, 11) is -4.41. The van der Waals surface area contributed by atoms with E-state index in [2.05, 4.69) is 10.5 Å². The fourth-order valence-corrected chi connectivity index (χ4v) is 5.57. The maximum absolute atomic E-state index is 13.5.